The maximum absolute atomic E-state index is 12.3. The Bertz CT molecular complexity index is 619. The quantitative estimate of drug-likeness (QED) is 0.936. The van der Waals surface area contributed by atoms with Crippen molar-refractivity contribution >= 4 is 22.4 Å². The average molecular weight is 320 g/mol. The summed E-state index contributed by atoms with van der Waals surface area (Å²) in [5.74, 6) is 0.924. The standard InChI is InChI=1S/C15H20N4O2S/c1-10-13(11(2)21-18-10)14(20)17-8-12-4-3-6-19(9-12)15-16-5-7-22-15/h5,7,12H,3-4,6,8-9H2,1-2H3,(H,17,20). The Kier molecular flexibility index (Phi) is 4.42. The molecule has 1 atom stereocenters. The van der Waals surface area contributed by atoms with Crippen molar-refractivity contribution in [2.24, 2.45) is 5.92 Å². The van der Waals surface area contributed by atoms with Crippen LogP contribution in [0, 0.1) is 19.8 Å². The van der Waals surface area contributed by atoms with Gasteiger partial charge in [0.25, 0.3) is 5.91 Å². The van der Waals surface area contributed by atoms with Gasteiger partial charge in [-0.15, -0.1) is 11.3 Å². The number of nitrogens with zero attached hydrogens (tertiary/aromatic N) is 3. The maximum atomic E-state index is 12.3. The summed E-state index contributed by atoms with van der Waals surface area (Å²) in [5.41, 5.74) is 1.20. The van der Waals surface area contributed by atoms with Crippen LogP contribution in [-0.4, -0.2) is 35.7 Å². The smallest absolute Gasteiger partial charge is 0.256 e. The van der Waals surface area contributed by atoms with Crippen LogP contribution < -0.4 is 10.2 Å². The van der Waals surface area contributed by atoms with E-state index < -0.39 is 0 Å². The molecule has 0 saturated carbocycles. The van der Waals surface area contributed by atoms with Gasteiger partial charge in [-0.1, -0.05) is 5.16 Å². The van der Waals surface area contributed by atoms with Gasteiger partial charge in [0.05, 0.1) is 5.69 Å². The second-order valence-corrected chi connectivity index (χ2v) is 6.55. The van der Waals surface area contributed by atoms with E-state index in [1.54, 1.807) is 25.2 Å². The molecule has 3 rings (SSSR count). The van der Waals surface area contributed by atoms with E-state index in [4.69, 9.17) is 4.52 Å². The van der Waals surface area contributed by atoms with Gasteiger partial charge >= 0.3 is 0 Å². The predicted molar refractivity (Wildman–Crippen MR) is 85.4 cm³/mol. The summed E-state index contributed by atoms with van der Waals surface area (Å²) in [6.45, 7) is 6.21. The van der Waals surface area contributed by atoms with Gasteiger partial charge in [-0.3, -0.25) is 4.79 Å². The Labute approximate surface area is 133 Å². The minimum atomic E-state index is -0.0948. The molecule has 0 aromatic carbocycles. The van der Waals surface area contributed by atoms with Crippen molar-refractivity contribution in [1.82, 2.24) is 15.5 Å². The first-order valence-electron chi connectivity index (χ1n) is 7.50. The number of hydrogen-bond donors (Lipinski definition) is 1. The molecule has 1 aliphatic heterocycles. The van der Waals surface area contributed by atoms with E-state index in [0.717, 1.165) is 31.1 Å². The zero-order valence-electron chi connectivity index (χ0n) is 12.8. The summed E-state index contributed by atoms with van der Waals surface area (Å²) >= 11 is 1.66. The Morgan fingerprint density at radius 1 is 1.55 bits per heavy atom. The number of nitrogens with one attached hydrogen (secondary N) is 1. The van der Waals surface area contributed by atoms with Crippen molar-refractivity contribution in [2.75, 3.05) is 24.5 Å². The summed E-state index contributed by atoms with van der Waals surface area (Å²) in [6.07, 6.45) is 4.10. The molecular weight excluding hydrogens is 300 g/mol. The fourth-order valence-electron chi connectivity index (χ4n) is 2.91. The molecule has 118 valence electrons. The van der Waals surface area contributed by atoms with E-state index >= 15 is 0 Å². The highest BCUT2D eigenvalue weighted by Gasteiger charge is 2.23. The van der Waals surface area contributed by atoms with E-state index in [9.17, 15) is 4.79 Å². The molecule has 6 nitrogen and oxygen atoms in total. The number of piperidine rings is 1. The van der Waals surface area contributed by atoms with E-state index in [1.165, 1.54) is 0 Å². The SMILES string of the molecule is Cc1noc(C)c1C(=O)NCC1CCCN(c2nccs2)C1. The van der Waals surface area contributed by atoms with Gasteiger partial charge < -0.3 is 14.7 Å². The molecule has 1 amide bonds. The predicted octanol–water partition coefficient (Wildman–Crippen LogP) is 2.39. The zero-order valence-corrected chi connectivity index (χ0v) is 13.7. The lowest BCUT2D eigenvalue weighted by Gasteiger charge is -2.32. The van der Waals surface area contributed by atoms with E-state index in [2.05, 4.69) is 20.4 Å². The molecular formula is C15H20N4O2S. The number of aromatic nitrogens is 2. The molecule has 7 heteroatoms. The molecule has 2 aromatic heterocycles. The van der Waals surface area contributed by atoms with Crippen LogP contribution in [0.2, 0.25) is 0 Å². The van der Waals surface area contributed by atoms with Gasteiger partial charge in [0.15, 0.2) is 5.13 Å². The highest BCUT2D eigenvalue weighted by Crippen LogP contribution is 2.24. The molecule has 1 saturated heterocycles. The molecule has 1 unspecified atom stereocenters. The number of anilines is 1. The number of hydrogen-bond acceptors (Lipinski definition) is 6. The molecule has 1 N–H and O–H groups in total. The maximum Gasteiger partial charge on any atom is 0.256 e. The van der Waals surface area contributed by atoms with E-state index in [0.29, 0.717) is 29.5 Å². The lowest BCUT2D eigenvalue weighted by atomic mass is 9.98. The minimum absolute atomic E-state index is 0.0948. The minimum Gasteiger partial charge on any atom is -0.361 e. The summed E-state index contributed by atoms with van der Waals surface area (Å²) in [6, 6.07) is 0. The largest absolute Gasteiger partial charge is 0.361 e. The Morgan fingerprint density at radius 2 is 2.41 bits per heavy atom. The molecule has 0 spiro atoms. The summed E-state index contributed by atoms with van der Waals surface area (Å²) in [7, 11) is 0. The Balaban J connectivity index is 1.56. The zero-order chi connectivity index (χ0) is 15.5. The molecule has 0 bridgehead atoms. The summed E-state index contributed by atoms with van der Waals surface area (Å²) in [5, 5.41) is 9.92. The topological polar surface area (TPSA) is 71.3 Å². The molecule has 1 aliphatic rings. The normalized spacial score (nSPS) is 18.5. The second-order valence-electron chi connectivity index (χ2n) is 5.68. The molecule has 3 heterocycles. The van der Waals surface area contributed by atoms with Crippen molar-refractivity contribution in [3.8, 4) is 0 Å². The van der Waals surface area contributed by atoms with Crippen molar-refractivity contribution < 1.29 is 9.32 Å². The van der Waals surface area contributed by atoms with Crippen LogP contribution in [0.3, 0.4) is 0 Å². The average Bonchev–Trinajstić information content (AvgIpc) is 3.16. The van der Waals surface area contributed by atoms with Crippen molar-refractivity contribution in [1.29, 1.82) is 0 Å². The van der Waals surface area contributed by atoms with Crippen molar-refractivity contribution in [2.45, 2.75) is 26.7 Å². The van der Waals surface area contributed by atoms with Crippen molar-refractivity contribution in [3.05, 3.63) is 28.6 Å². The number of thiazole rings is 1. The van der Waals surface area contributed by atoms with Crippen LogP contribution in [0.5, 0.6) is 0 Å². The fraction of sp³-hybridized carbons (Fsp3) is 0.533. The van der Waals surface area contributed by atoms with Gasteiger partial charge in [-0.05, 0) is 32.6 Å². The number of amides is 1. The van der Waals surface area contributed by atoms with Gasteiger partial charge in [0, 0.05) is 31.2 Å². The van der Waals surface area contributed by atoms with E-state index in [-0.39, 0.29) is 5.91 Å². The van der Waals surface area contributed by atoms with Crippen LogP contribution in [0.25, 0.3) is 0 Å². The van der Waals surface area contributed by atoms with Crippen LogP contribution in [0.1, 0.15) is 34.7 Å². The first kappa shape index (κ1) is 15.0. The number of rotatable bonds is 4. The second kappa shape index (κ2) is 6.48. The number of carbonyl (C=O) groups is 1. The van der Waals surface area contributed by atoms with Crippen LogP contribution in [0.4, 0.5) is 5.13 Å². The lowest BCUT2D eigenvalue weighted by Crippen LogP contribution is -2.41. The van der Waals surface area contributed by atoms with Crippen LogP contribution in [-0.2, 0) is 0 Å². The van der Waals surface area contributed by atoms with Gasteiger partial charge in [-0.2, -0.15) is 0 Å². The van der Waals surface area contributed by atoms with Gasteiger partial charge in [-0.25, -0.2) is 4.98 Å². The number of aryl methyl sites for hydroxylation is 2. The Morgan fingerprint density at radius 3 is 3.09 bits per heavy atom. The molecule has 1 fully saturated rings. The molecule has 22 heavy (non-hydrogen) atoms. The molecule has 0 radical (unpaired) electrons. The third-order valence-corrected chi connectivity index (χ3v) is 4.85. The highest BCUT2D eigenvalue weighted by atomic mass is 32.1. The third-order valence-electron chi connectivity index (χ3n) is 4.02. The lowest BCUT2D eigenvalue weighted by molar-refractivity contribution is 0.0943. The highest BCUT2D eigenvalue weighted by molar-refractivity contribution is 7.13. The summed E-state index contributed by atoms with van der Waals surface area (Å²) in [4.78, 5) is 18.9. The van der Waals surface area contributed by atoms with Gasteiger partial charge in [0.1, 0.15) is 11.3 Å². The fourth-order valence-corrected chi connectivity index (χ4v) is 3.59. The molecule has 2 aromatic rings. The third kappa shape index (κ3) is 3.14. The Hall–Kier alpha value is -1.89. The van der Waals surface area contributed by atoms with Crippen LogP contribution in [0.15, 0.2) is 16.1 Å². The van der Waals surface area contributed by atoms with Crippen LogP contribution >= 0.6 is 11.3 Å². The van der Waals surface area contributed by atoms with Crippen molar-refractivity contribution in [3.63, 3.8) is 0 Å². The first-order valence-corrected chi connectivity index (χ1v) is 8.38. The number of carbonyl (C=O) groups excluding carboxylic acids is 1. The summed E-state index contributed by atoms with van der Waals surface area (Å²) < 4.78 is 5.05. The molecule has 0 aliphatic carbocycles. The van der Waals surface area contributed by atoms with E-state index in [1.807, 2.05) is 11.6 Å². The van der Waals surface area contributed by atoms with Gasteiger partial charge in [0.2, 0.25) is 0 Å². The monoisotopic (exact) mass is 320 g/mol. The first-order chi connectivity index (χ1) is 10.6.